The first-order valence-electron chi connectivity index (χ1n) is 12.4. The number of hydrogen-bond donors (Lipinski definition) is 1. The van der Waals surface area contributed by atoms with Gasteiger partial charge in [0, 0.05) is 6.54 Å². The molecule has 36 heavy (non-hydrogen) atoms. The highest BCUT2D eigenvalue weighted by atomic mass is 16.5. The van der Waals surface area contributed by atoms with Gasteiger partial charge in [-0.1, -0.05) is 30.7 Å². The van der Waals surface area contributed by atoms with Gasteiger partial charge in [0.2, 0.25) is 0 Å². The molecule has 2 heterocycles. The summed E-state index contributed by atoms with van der Waals surface area (Å²) >= 11 is 0. The van der Waals surface area contributed by atoms with Crippen LogP contribution in [0.4, 0.5) is 0 Å². The van der Waals surface area contributed by atoms with Crippen molar-refractivity contribution >= 4 is 17.6 Å². The summed E-state index contributed by atoms with van der Waals surface area (Å²) in [6, 6.07) is 14.3. The van der Waals surface area contributed by atoms with Crippen molar-refractivity contribution in [3.05, 3.63) is 71.0 Å². The molecule has 0 bridgehead atoms. The topological polar surface area (TPSA) is 108 Å². The predicted octanol–water partition coefficient (Wildman–Crippen LogP) is 3.10. The van der Waals surface area contributed by atoms with Gasteiger partial charge in [-0.05, 0) is 61.1 Å². The van der Waals surface area contributed by atoms with Gasteiger partial charge in [0.05, 0.1) is 24.6 Å². The summed E-state index contributed by atoms with van der Waals surface area (Å²) in [5.41, 5.74) is 7.48. The van der Waals surface area contributed by atoms with Crippen molar-refractivity contribution in [2.45, 2.75) is 44.2 Å². The number of primary amides is 1. The Labute approximate surface area is 210 Å². The van der Waals surface area contributed by atoms with Gasteiger partial charge >= 0.3 is 0 Å². The zero-order chi connectivity index (χ0) is 25.2. The first kappa shape index (κ1) is 23.9. The summed E-state index contributed by atoms with van der Waals surface area (Å²) in [7, 11) is 1.62. The van der Waals surface area contributed by atoms with Crippen molar-refractivity contribution in [3.8, 4) is 11.5 Å². The van der Waals surface area contributed by atoms with Gasteiger partial charge in [0.25, 0.3) is 11.8 Å². The summed E-state index contributed by atoms with van der Waals surface area (Å²) in [6.45, 7) is 0.203. The van der Waals surface area contributed by atoms with E-state index in [1.807, 2.05) is 36.4 Å². The minimum atomic E-state index is -0.563. The number of carbonyl (C=O) groups is 3. The number of carbonyl (C=O) groups excluding carboxylic acids is 3. The molecule has 3 unspecified atom stereocenters. The second-order valence-electron chi connectivity index (χ2n) is 9.48. The molecule has 0 aromatic heterocycles. The Bertz CT molecular complexity index is 1190. The van der Waals surface area contributed by atoms with E-state index in [2.05, 4.69) is 0 Å². The van der Waals surface area contributed by atoms with Crippen LogP contribution in [0.15, 0.2) is 59.9 Å². The van der Waals surface area contributed by atoms with Crippen LogP contribution in [0, 0.1) is 5.92 Å². The molecule has 2 amide bonds. The highest BCUT2D eigenvalue weighted by molar-refractivity contribution is 6.11. The largest absolute Gasteiger partial charge is 0.497 e. The first-order chi connectivity index (χ1) is 17.5. The third kappa shape index (κ3) is 4.55. The van der Waals surface area contributed by atoms with E-state index in [1.54, 1.807) is 24.1 Å². The Hall–Kier alpha value is -3.81. The number of rotatable bonds is 8. The molecular weight excluding hydrogens is 460 g/mol. The SMILES string of the molecule is COc1ccc(CCN2C(=O)C3=C(C(=O)C4CCCCC4O3)C2c2ccc(OCC(N)=O)cc2)cc1. The van der Waals surface area contributed by atoms with Gasteiger partial charge in [-0.2, -0.15) is 0 Å². The number of ether oxygens (including phenoxy) is 3. The number of Topliss-reactive ketones (excluding diaryl/α,β-unsaturated/α-hetero) is 1. The summed E-state index contributed by atoms with van der Waals surface area (Å²) in [4.78, 5) is 40.1. The number of benzene rings is 2. The van der Waals surface area contributed by atoms with Crippen molar-refractivity contribution in [3.63, 3.8) is 0 Å². The molecule has 2 aromatic carbocycles. The van der Waals surface area contributed by atoms with Crippen LogP contribution in [0.5, 0.6) is 11.5 Å². The van der Waals surface area contributed by atoms with E-state index in [-0.39, 0.29) is 36.1 Å². The molecular formula is C28H30N2O6. The lowest BCUT2D eigenvalue weighted by molar-refractivity contribution is -0.135. The lowest BCUT2D eigenvalue weighted by atomic mass is 9.77. The van der Waals surface area contributed by atoms with Crippen LogP contribution in [0.25, 0.3) is 0 Å². The van der Waals surface area contributed by atoms with Crippen LogP contribution in [0.3, 0.4) is 0 Å². The molecule has 0 radical (unpaired) electrons. The number of nitrogens with zero attached hydrogens (tertiary/aromatic N) is 1. The van der Waals surface area contributed by atoms with Crippen LogP contribution in [-0.4, -0.2) is 48.9 Å². The minimum Gasteiger partial charge on any atom is -0.497 e. The maximum Gasteiger partial charge on any atom is 0.290 e. The third-order valence-electron chi connectivity index (χ3n) is 7.24. The summed E-state index contributed by atoms with van der Waals surface area (Å²) in [5, 5.41) is 0. The van der Waals surface area contributed by atoms with Crippen LogP contribution >= 0.6 is 0 Å². The van der Waals surface area contributed by atoms with Crippen LogP contribution < -0.4 is 15.2 Å². The van der Waals surface area contributed by atoms with Crippen LogP contribution in [0.1, 0.15) is 42.9 Å². The number of hydrogen-bond acceptors (Lipinski definition) is 6. The van der Waals surface area contributed by atoms with E-state index in [0.717, 1.165) is 42.6 Å². The molecule has 188 valence electrons. The van der Waals surface area contributed by atoms with Crippen molar-refractivity contribution in [2.75, 3.05) is 20.3 Å². The number of methoxy groups -OCH3 is 1. The summed E-state index contributed by atoms with van der Waals surface area (Å²) in [6.07, 6.45) is 3.97. The molecule has 3 atom stereocenters. The molecule has 1 aliphatic carbocycles. The highest BCUT2D eigenvalue weighted by Crippen LogP contribution is 2.46. The van der Waals surface area contributed by atoms with Crippen LogP contribution in [0.2, 0.25) is 0 Å². The fourth-order valence-electron chi connectivity index (χ4n) is 5.41. The van der Waals surface area contributed by atoms with E-state index in [1.165, 1.54) is 0 Å². The Morgan fingerprint density at radius 2 is 1.72 bits per heavy atom. The Balaban J connectivity index is 1.45. The van der Waals surface area contributed by atoms with Crippen molar-refractivity contribution in [1.29, 1.82) is 0 Å². The predicted molar refractivity (Wildman–Crippen MR) is 131 cm³/mol. The quantitative estimate of drug-likeness (QED) is 0.609. The summed E-state index contributed by atoms with van der Waals surface area (Å²) < 4.78 is 16.9. The zero-order valence-electron chi connectivity index (χ0n) is 20.3. The molecule has 2 N–H and O–H groups in total. The normalized spacial score (nSPS) is 23.1. The van der Waals surface area contributed by atoms with Gasteiger partial charge in [-0.25, -0.2) is 0 Å². The molecule has 1 fully saturated rings. The van der Waals surface area contributed by atoms with E-state index >= 15 is 0 Å². The molecule has 5 rings (SSSR count). The number of nitrogens with two attached hydrogens (primary N) is 1. The second-order valence-corrected chi connectivity index (χ2v) is 9.48. The maximum atomic E-state index is 13.7. The monoisotopic (exact) mass is 490 g/mol. The van der Waals surface area contributed by atoms with Crippen molar-refractivity contribution in [1.82, 2.24) is 4.90 Å². The van der Waals surface area contributed by atoms with E-state index in [9.17, 15) is 14.4 Å². The molecule has 0 spiro atoms. The Morgan fingerprint density at radius 1 is 1.03 bits per heavy atom. The molecule has 2 aromatic rings. The lowest BCUT2D eigenvalue weighted by Crippen LogP contribution is -2.39. The van der Waals surface area contributed by atoms with Gasteiger partial charge in [0.15, 0.2) is 18.1 Å². The smallest absolute Gasteiger partial charge is 0.290 e. The van der Waals surface area contributed by atoms with Gasteiger partial charge in [0.1, 0.15) is 17.6 Å². The molecule has 1 saturated carbocycles. The fourth-order valence-corrected chi connectivity index (χ4v) is 5.41. The standard InChI is InChI=1S/C28H30N2O6/c1-34-19-10-6-17(7-11-19)14-15-30-25(18-8-12-20(13-9-18)35-16-23(29)31)24-26(32)21-4-2-3-5-22(21)36-27(24)28(30)33/h6-13,21-22,25H,2-5,14-16H2,1H3,(H2,29,31). The Morgan fingerprint density at radius 3 is 2.42 bits per heavy atom. The van der Waals surface area contributed by atoms with E-state index < -0.39 is 11.9 Å². The van der Waals surface area contributed by atoms with E-state index in [0.29, 0.717) is 24.3 Å². The number of ketones is 1. The summed E-state index contributed by atoms with van der Waals surface area (Å²) in [5.74, 6) is 0.484. The van der Waals surface area contributed by atoms with Gasteiger partial charge in [-0.15, -0.1) is 0 Å². The average Bonchev–Trinajstić information content (AvgIpc) is 3.18. The first-order valence-corrected chi connectivity index (χ1v) is 12.4. The second kappa shape index (κ2) is 10.0. The van der Waals surface area contributed by atoms with Crippen molar-refractivity contribution in [2.24, 2.45) is 11.7 Å². The number of fused-ring (bicyclic) bond motifs is 1. The lowest BCUT2D eigenvalue weighted by Gasteiger charge is -2.35. The molecule has 2 aliphatic heterocycles. The Kier molecular flexibility index (Phi) is 6.67. The number of amides is 2. The highest BCUT2D eigenvalue weighted by Gasteiger charge is 2.51. The van der Waals surface area contributed by atoms with Gasteiger partial charge in [-0.3, -0.25) is 14.4 Å². The zero-order valence-corrected chi connectivity index (χ0v) is 20.3. The fraction of sp³-hybridized carbons (Fsp3) is 0.393. The van der Waals surface area contributed by atoms with Crippen molar-refractivity contribution < 1.29 is 28.6 Å². The molecule has 8 heteroatoms. The third-order valence-corrected chi connectivity index (χ3v) is 7.24. The molecule has 3 aliphatic rings. The molecule has 8 nitrogen and oxygen atoms in total. The molecule has 0 saturated heterocycles. The maximum absolute atomic E-state index is 13.7. The minimum absolute atomic E-state index is 0.0281. The van der Waals surface area contributed by atoms with Crippen LogP contribution in [-0.2, 0) is 25.5 Å². The average molecular weight is 491 g/mol. The van der Waals surface area contributed by atoms with Gasteiger partial charge < -0.3 is 24.8 Å². The van der Waals surface area contributed by atoms with E-state index in [4.69, 9.17) is 19.9 Å².